The molecule has 3 aromatic rings. The first kappa shape index (κ1) is 28.0. The summed E-state index contributed by atoms with van der Waals surface area (Å²) in [7, 11) is -0.431. The minimum absolute atomic E-state index is 0.0606. The molecule has 8 nitrogen and oxygen atoms in total. The number of sulfonamides is 1. The van der Waals surface area contributed by atoms with E-state index in [1.165, 1.54) is 36.8 Å². The van der Waals surface area contributed by atoms with Crippen molar-refractivity contribution in [2.75, 3.05) is 18.8 Å². The van der Waals surface area contributed by atoms with Crippen LogP contribution in [0.3, 0.4) is 0 Å². The van der Waals surface area contributed by atoms with E-state index in [4.69, 9.17) is 16.3 Å². The number of benzene rings is 1. The minimum Gasteiger partial charge on any atom is -0.473 e. The molecule has 0 spiro atoms. The molecule has 0 aliphatic heterocycles. The maximum absolute atomic E-state index is 13.8. The Morgan fingerprint density at radius 2 is 1.89 bits per heavy atom. The quantitative estimate of drug-likeness (QED) is 0.309. The van der Waals surface area contributed by atoms with Crippen LogP contribution in [0.1, 0.15) is 36.3 Å². The topological polar surface area (TPSA) is 97.3 Å². The van der Waals surface area contributed by atoms with E-state index >= 15 is 0 Å². The second-order valence-corrected chi connectivity index (χ2v) is 11.1. The predicted octanol–water partition coefficient (Wildman–Crippen LogP) is 5.13. The summed E-state index contributed by atoms with van der Waals surface area (Å²) in [5.41, 5.74) is -0.867. The highest BCUT2D eigenvalue weighted by atomic mass is 35.5. The van der Waals surface area contributed by atoms with Crippen LogP contribution in [-0.2, 0) is 16.2 Å². The van der Waals surface area contributed by atoms with Gasteiger partial charge < -0.3 is 9.64 Å². The Bertz CT molecular complexity index is 1390. The van der Waals surface area contributed by atoms with Gasteiger partial charge in [-0.2, -0.15) is 13.2 Å². The summed E-state index contributed by atoms with van der Waals surface area (Å²) in [5.74, 6) is -1.37. The maximum atomic E-state index is 13.8. The van der Waals surface area contributed by atoms with E-state index in [0.29, 0.717) is 24.8 Å². The fraction of sp³-hybridized carbons (Fsp3) is 0.375. The summed E-state index contributed by atoms with van der Waals surface area (Å²) in [4.78, 5) is 13.3. The van der Waals surface area contributed by atoms with E-state index < -0.39 is 33.7 Å². The Hall–Kier alpha value is -3.03. The van der Waals surface area contributed by atoms with Crippen molar-refractivity contribution in [2.45, 2.75) is 48.4 Å². The molecule has 14 heteroatoms. The monoisotopic (exact) mass is 573 g/mol. The van der Waals surface area contributed by atoms with Gasteiger partial charge in [0.15, 0.2) is 5.15 Å². The molecule has 38 heavy (non-hydrogen) atoms. The second-order valence-electron chi connectivity index (χ2n) is 9.07. The largest absolute Gasteiger partial charge is 0.473 e. The zero-order valence-corrected chi connectivity index (χ0v) is 21.9. The average Bonchev–Trinajstić information content (AvgIpc) is 2.84. The summed E-state index contributed by atoms with van der Waals surface area (Å²) < 4.78 is 87.2. The summed E-state index contributed by atoms with van der Waals surface area (Å²) in [6, 6.07) is 6.94. The standard InChI is InChI=1S/C24H24ClF4N5O3S/c1-34(2)18-12-15(14-3-5-17(26)16(11-14)24(27,28)29)4-6-19(18)37-22-8-7-20(23(25)32-22)38(35,36)33-21-9-10-30-13-31-21/h3,5,7-11,13,15,18-19H,4,6,12H2,1-2H3,(H,30,31,33)/t15-,18-,19-/m0/s1. The number of pyridine rings is 1. The SMILES string of the molecule is CN(C)[C@H]1C[C@@H](c2ccc(F)c(C(F)(F)F)c2)CC[C@@H]1Oc1ccc(S(=O)(=O)Nc2ccncn2)c(Cl)n1. The third-order valence-electron chi connectivity index (χ3n) is 6.36. The number of hydrogen-bond acceptors (Lipinski definition) is 7. The molecular weight excluding hydrogens is 550 g/mol. The van der Waals surface area contributed by atoms with E-state index in [0.717, 1.165) is 12.1 Å². The first-order valence-corrected chi connectivity index (χ1v) is 13.4. The smallest absolute Gasteiger partial charge is 0.419 e. The van der Waals surface area contributed by atoms with Gasteiger partial charge in [-0.1, -0.05) is 17.7 Å². The number of nitrogens with one attached hydrogen (secondary N) is 1. The number of nitrogens with zero attached hydrogens (tertiary/aromatic N) is 4. The van der Waals surface area contributed by atoms with Gasteiger partial charge in [-0.25, -0.2) is 27.8 Å². The van der Waals surface area contributed by atoms with Gasteiger partial charge in [0.25, 0.3) is 10.0 Å². The van der Waals surface area contributed by atoms with Gasteiger partial charge in [0.1, 0.15) is 29.0 Å². The van der Waals surface area contributed by atoms with Crippen LogP contribution in [0.4, 0.5) is 23.4 Å². The van der Waals surface area contributed by atoms with Gasteiger partial charge >= 0.3 is 6.18 Å². The molecule has 0 unspecified atom stereocenters. The van der Waals surface area contributed by atoms with Crippen molar-refractivity contribution in [3.05, 3.63) is 71.0 Å². The molecule has 1 N–H and O–H groups in total. The highest BCUT2D eigenvalue weighted by Crippen LogP contribution is 2.39. The van der Waals surface area contributed by atoms with Crippen molar-refractivity contribution in [2.24, 2.45) is 0 Å². The lowest BCUT2D eigenvalue weighted by molar-refractivity contribution is -0.140. The third-order valence-corrected chi connectivity index (χ3v) is 8.14. The Labute approximate surface area is 222 Å². The van der Waals surface area contributed by atoms with Crippen LogP contribution in [0, 0.1) is 5.82 Å². The van der Waals surface area contributed by atoms with Crippen LogP contribution in [0.15, 0.2) is 53.8 Å². The van der Waals surface area contributed by atoms with Crippen LogP contribution in [0.5, 0.6) is 5.88 Å². The van der Waals surface area contributed by atoms with Gasteiger partial charge in [-0.15, -0.1) is 0 Å². The average molecular weight is 574 g/mol. The first-order valence-electron chi connectivity index (χ1n) is 11.5. The number of likely N-dealkylation sites (N-methyl/N-ethyl adjacent to an activating group) is 1. The number of halogens is 5. The molecule has 1 fully saturated rings. The highest BCUT2D eigenvalue weighted by molar-refractivity contribution is 7.92. The molecule has 1 aliphatic rings. The maximum Gasteiger partial charge on any atom is 0.419 e. The molecule has 1 saturated carbocycles. The normalized spacial score (nSPS) is 20.4. The van der Waals surface area contributed by atoms with Gasteiger partial charge in [0.2, 0.25) is 5.88 Å². The summed E-state index contributed by atoms with van der Waals surface area (Å²) >= 11 is 6.19. The second kappa shape index (κ2) is 11.0. The van der Waals surface area contributed by atoms with E-state index in [-0.39, 0.29) is 33.7 Å². The minimum atomic E-state index is -4.78. The molecule has 0 radical (unpaired) electrons. The van der Waals surface area contributed by atoms with Crippen LogP contribution in [0.25, 0.3) is 0 Å². The lowest BCUT2D eigenvalue weighted by atomic mass is 9.79. The van der Waals surface area contributed by atoms with Crippen molar-refractivity contribution in [1.29, 1.82) is 0 Å². The molecule has 2 heterocycles. The predicted molar refractivity (Wildman–Crippen MR) is 132 cm³/mol. The first-order chi connectivity index (χ1) is 17.8. The zero-order valence-electron chi connectivity index (χ0n) is 20.3. The van der Waals surface area contributed by atoms with Crippen LogP contribution < -0.4 is 9.46 Å². The molecule has 0 bridgehead atoms. The van der Waals surface area contributed by atoms with Gasteiger partial charge in [-0.05, 0) is 69.1 Å². The Kier molecular flexibility index (Phi) is 8.09. The Morgan fingerprint density at radius 3 is 2.53 bits per heavy atom. The number of anilines is 1. The lowest BCUT2D eigenvalue weighted by Gasteiger charge is -2.39. The fourth-order valence-corrected chi connectivity index (χ4v) is 5.96. The Balaban J connectivity index is 1.49. The molecule has 0 amide bonds. The van der Waals surface area contributed by atoms with Crippen LogP contribution >= 0.6 is 11.6 Å². The molecule has 2 aromatic heterocycles. The molecule has 204 valence electrons. The lowest BCUT2D eigenvalue weighted by Crippen LogP contribution is -2.46. The molecule has 1 aliphatic carbocycles. The summed E-state index contributed by atoms with van der Waals surface area (Å²) in [5, 5.41) is -0.301. The fourth-order valence-electron chi connectivity index (χ4n) is 4.49. The number of alkyl halides is 3. The number of ether oxygens (including phenoxy) is 1. The van der Waals surface area contributed by atoms with Gasteiger partial charge in [0, 0.05) is 18.3 Å². The highest BCUT2D eigenvalue weighted by Gasteiger charge is 2.38. The third kappa shape index (κ3) is 6.33. The van der Waals surface area contributed by atoms with E-state index in [9.17, 15) is 26.0 Å². The van der Waals surface area contributed by atoms with Crippen molar-refractivity contribution in [3.63, 3.8) is 0 Å². The zero-order chi connectivity index (χ0) is 27.7. The van der Waals surface area contributed by atoms with Crippen molar-refractivity contribution >= 4 is 27.4 Å². The van der Waals surface area contributed by atoms with Crippen molar-refractivity contribution in [1.82, 2.24) is 19.9 Å². The van der Waals surface area contributed by atoms with Crippen LogP contribution in [-0.4, -0.2) is 54.5 Å². The van der Waals surface area contributed by atoms with E-state index in [1.807, 2.05) is 19.0 Å². The molecule has 0 saturated heterocycles. The number of aromatic nitrogens is 3. The molecular formula is C24H24ClF4N5O3S. The van der Waals surface area contributed by atoms with Crippen molar-refractivity contribution < 1.29 is 30.7 Å². The van der Waals surface area contributed by atoms with Crippen molar-refractivity contribution in [3.8, 4) is 5.88 Å². The molecule has 3 atom stereocenters. The van der Waals surface area contributed by atoms with Gasteiger partial charge in [-0.3, -0.25) is 4.72 Å². The van der Waals surface area contributed by atoms with Crippen LogP contribution in [0.2, 0.25) is 5.15 Å². The Morgan fingerprint density at radius 1 is 1.13 bits per heavy atom. The summed E-state index contributed by atoms with van der Waals surface area (Å²) in [6.07, 6.45) is -1.17. The van der Waals surface area contributed by atoms with Gasteiger partial charge in [0.05, 0.1) is 5.56 Å². The summed E-state index contributed by atoms with van der Waals surface area (Å²) in [6.45, 7) is 0. The molecule has 1 aromatic carbocycles. The van der Waals surface area contributed by atoms with E-state index in [1.54, 1.807) is 0 Å². The molecule has 4 rings (SSSR count). The van der Waals surface area contributed by atoms with E-state index in [2.05, 4.69) is 19.7 Å². The number of rotatable bonds is 7. The number of hydrogen-bond donors (Lipinski definition) is 1.